The summed E-state index contributed by atoms with van der Waals surface area (Å²) in [5, 5.41) is 18.4. The third-order valence-electron chi connectivity index (χ3n) is 2.92. The fourth-order valence-corrected chi connectivity index (χ4v) is 1.76. The van der Waals surface area contributed by atoms with Gasteiger partial charge >= 0.3 is 49.7 Å². The first kappa shape index (κ1) is 18.6. The maximum Gasteiger partial charge on any atom is 2.00 e. The van der Waals surface area contributed by atoms with Crippen LogP contribution in [0.25, 0.3) is 0 Å². The molecule has 0 aromatic heterocycles. The molecule has 92 valence electrons. The van der Waals surface area contributed by atoms with Crippen LogP contribution in [-0.2, 0) is 9.59 Å². The molecule has 2 N–H and O–H groups in total. The topological polar surface area (TPSA) is 74.6 Å². The molecule has 0 spiro atoms. The number of hydrogen-bond acceptors (Lipinski definition) is 2. The molecule has 0 unspecified atom stereocenters. The smallest absolute Gasteiger partial charge is 1.00 e. The summed E-state index contributed by atoms with van der Waals surface area (Å²) in [7, 11) is 0. The largest absolute Gasteiger partial charge is 2.00 e. The van der Waals surface area contributed by atoms with E-state index in [1.54, 1.807) is 20.8 Å². The molecular weight excluding hydrogens is 236 g/mol. The summed E-state index contributed by atoms with van der Waals surface area (Å²) in [6, 6.07) is 0. The number of carboxylic acids is 2. The standard InChI is InChI=1S/C11H20O4.Ca.2H/c1-5-6-7-11(8(12)13,9(14)15)10(2,3)4;;;/h5-7H2,1-4H3,(H,12,13)(H,14,15);;;/q;+2;2*-1. The molecule has 0 fully saturated rings. The Bertz CT molecular complexity index is 250. The second-order valence-corrected chi connectivity index (χ2v) is 4.87. The average molecular weight is 258 g/mol. The zero-order valence-electron chi connectivity index (χ0n) is 12.5. The molecule has 0 rings (SSSR count). The molecule has 4 nitrogen and oxygen atoms in total. The van der Waals surface area contributed by atoms with Crippen molar-refractivity contribution in [3.8, 4) is 0 Å². The third-order valence-corrected chi connectivity index (χ3v) is 2.92. The van der Waals surface area contributed by atoms with Crippen LogP contribution in [0.4, 0.5) is 0 Å². The predicted molar refractivity (Wildman–Crippen MR) is 64.7 cm³/mol. The van der Waals surface area contributed by atoms with Crippen molar-refractivity contribution in [3.63, 3.8) is 0 Å². The van der Waals surface area contributed by atoms with Crippen LogP contribution in [0.15, 0.2) is 0 Å². The van der Waals surface area contributed by atoms with Gasteiger partial charge in [-0.25, -0.2) is 0 Å². The van der Waals surface area contributed by atoms with Crippen LogP contribution in [-0.4, -0.2) is 59.9 Å². The Hall–Kier alpha value is 0.200. The molecule has 0 heterocycles. The van der Waals surface area contributed by atoms with Gasteiger partial charge in [-0.15, -0.1) is 0 Å². The first-order chi connectivity index (χ1) is 6.70. The van der Waals surface area contributed by atoms with E-state index < -0.39 is 22.8 Å². The maximum atomic E-state index is 11.2. The fourth-order valence-electron chi connectivity index (χ4n) is 1.76. The minimum absolute atomic E-state index is 0. The van der Waals surface area contributed by atoms with E-state index >= 15 is 0 Å². The molecule has 5 heteroatoms. The van der Waals surface area contributed by atoms with Gasteiger partial charge < -0.3 is 13.1 Å². The van der Waals surface area contributed by atoms with Crippen LogP contribution in [0.3, 0.4) is 0 Å². The molecule has 0 aromatic carbocycles. The second-order valence-electron chi connectivity index (χ2n) is 4.87. The second kappa shape index (κ2) is 6.82. The van der Waals surface area contributed by atoms with Gasteiger partial charge in [0.15, 0.2) is 5.41 Å². The summed E-state index contributed by atoms with van der Waals surface area (Å²) in [4.78, 5) is 22.5. The molecule has 0 aliphatic rings. The minimum Gasteiger partial charge on any atom is -1.00 e. The average Bonchev–Trinajstić information content (AvgIpc) is 2.01. The van der Waals surface area contributed by atoms with Crippen LogP contribution in [0.1, 0.15) is 49.8 Å². The van der Waals surface area contributed by atoms with Gasteiger partial charge in [-0.3, -0.25) is 9.59 Å². The molecule has 0 radical (unpaired) electrons. The number of hydrogen-bond donors (Lipinski definition) is 2. The molecule has 0 aliphatic carbocycles. The first-order valence-corrected chi connectivity index (χ1v) is 5.17. The van der Waals surface area contributed by atoms with Crippen molar-refractivity contribution in [3.05, 3.63) is 0 Å². The van der Waals surface area contributed by atoms with Crippen molar-refractivity contribution >= 4 is 49.7 Å². The quantitative estimate of drug-likeness (QED) is 0.585. The van der Waals surface area contributed by atoms with Crippen molar-refractivity contribution in [1.82, 2.24) is 0 Å². The zero-order valence-corrected chi connectivity index (χ0v) is 12.7. The van der Waals surface area contributed by atoms with E-state index in [1.807, 2.05) is 6.92 Å². The summed E-state index contributed by atoms with van der Waals surface area (Å²) < 4.78 is 0. The molecule has 0 saturated carbocycles. The van der Waals surface area contributed by atoms with Gasteiger partial charge in [-0.2, -0.15) is 0 Å². The Labute approximate surface area is 129 Å². The molecule has 0 aromatic rings. The number of rotatable bonds is 5. The molecule has 0 atom stereocenters. The summed E-state index contributed by atoms with van der Waals surface area (Å²) in [5.74, 6) is -2.48. The third kappa shape index (κ3) is 3.60. The van der Waals surface area contributed by atoms with Crippen molar-refractivity contribution in [2.45, 2.75) is 47.0 Å². The van der Waals surface area contributed by atoms with Crippen LogP contribution in [0, 0.1) is 10.8 Å². The Morgan fingerprint density at radius 3 is 1.69 bits per heavy atom. The Kier molecular flexibility index (Phi) is 7.91. The molecule has 0 bridgehead atoms. The van der Waals surface area contributed by atoms with E-state index in [2.05, 4.69) is 0 Å². The zero-order chi connectivity index (χ0) is 12.3. The van der Waals surface area contributed by atoms with Gasteiger partial charge in [0.25, 0.3) is 0 Å². The van der Waals surface area contributed by atoms with E-state index in [9.17, 15) is 19.8 Å². The van der Waals surface area contributed by atoms with Gasteiger partial charge in [-0.05, 0) is 11.8 Å². The molecule has 0 aliphatic heterocycles. The van der Waals surface area contributed by atoms with Crippen molar-refractivity contribution < 1.29 is 22.7 Å². The number of aliphatic carboxylic acids is 2. The summed E-state index contributed by atoms with van der Waals surface area (Å²) in [6.07, 6.45) is 1.58. The SMILES string of the molecule is CCCCC(C(=O)O)(C(=O)O)C(C)(C)C.[Ca+2].[H-].[H-]. The van der Waals surface area contributed by atoms with Crippen molar-refractivity contribution in [2.75, 3.05) is 0 Å². The number of unbranched alkanes of at least 4 members (excludes halogenated alkanes) is 1. The Morgan fingerprint density at radius 1 is 1.12 bits per heavy atom. The van der Waals surface area contributed by atoms with Crippen LogP contribution in [0.5, 0.6) is 0 Å². The van der Waals surface area contributed by atoms with Crippen LogP contribution < -0.4 is 0 Å². The summed E-state index contributed by atoms with van der Waals surface area (Å²) in [6.45, 7) is 6.89. The van der Waals surface area contributed by atoms with E-state index in [4.69, 9.17) is 0 Å². The Balaban J connectivity index is -0.000000327. The van der Waals surface area contributed by atoms with Crippen LogP contribution in [0.2, 0.25) is 0 Å². The fraction of sp³-hybridized carbons (Fsp3) is 0.818. The summed E-state index contributed by atoms with van der Waals surface area (Å²) >= 11 is 0. The van der Waals surface area contributed by atoms with Gasteiger partial charge in [0.2, 0.25) is 0 Å². The minimum atomic E-state index is -1.68. The van der Waals surface area contributed by atoms with Crippen molar-refractivity contribution in [1.29, 1.82) is 0 Å². The van der Waals surface area contributed by atoms with Gasteiger partial charge in [-0.1, -0.05) is 40.5 Å². The van der Waals surface area contributed by atoms with E-state index in [1.165, 1.54) is 0 Å². The number of carboxylic acid groups (broad SMARTS) is 2. The molecule has 0 saturated heterocycles. The van der Waals surface area contributed by atoms with Gasteiger partial charge in [0, 0.05) is 0 Å². The number of carbonyl (C=O) groups is 2. The van der Waals surface area contributed by atoms with Crippen LogP contribution >= 0.6 is 0 Å². The molecular formula is C11H22CaO4. The van der Waals surface area contributed by atoms with E-state index in [0.29, 0.717) is 6.42 Å². The van der Waals surface area contributed by atoms with Gasteiger partial charge in [0.1, 0.15) is 0 Å². The van der Waals surface area contributed by atoms with E-state index in [0.717, 1.165) is 6.42 Å². The van der Waals surface area contributed by atoms with Crippen molar-refractivity contribution in [2.24, 2.45) is 10.8 Å². The van der Waals surface area contributed by atoms with Gasteiger partial charge in [0.05, 0.1) is 0 Å². The Morgan fingerprint density at radius 2 is 1.50 bits per heavy atom. The first-order valence-electron chi connectivity index (χ1n) is 5.17. The normalized spacial score (nSPS) is 11.8. The predicted octanol–water partition coefficient (Wildman–Crippen LogP) is 2.22. The van der Waals surface area contributed by atoms with E-state index in [-0.39, 0.29) is 47.0 Å². The molecule has 0 amide bonds. The summed E-state index contributed by atoms with van der Waals surface area (Å²) in [5.41, 5.74) is -2.47. The molecule has 16 heavy (non-hydrogen) atoms. The monoisotopic (exact) mass is 258 g/mol. The maximum absolute atomic E-state index is 11.2.